The Bertz CT molecular complexity index is 513. The molecule has 0 spiro atoms. The van der Waals surface area contributed by atoms with E-state index in [-0.39, 0.29) is 0 Å². The molecule has 0 heterocycles. The Morgan fingerprint density at radius 3 is 2.88 bits per heavy atom. The van der Waals surface area contributed by atoms with E-state index in [1.54, 1.807) is 5.57 Å². The lowest BCUT2D eigenvalue weighted by atomic mass is 9.70. The van der Waals surface area contributed by atoms with Gasteiger partial charge in [-0.15, -0.1) is 0 Å². The van der Waals surface area contributed by atoms with Gasteiger partial charge in [-0.25, -0.2) is 0 Å². The van der Waals surface area contributed by atoms with E-state index in [4.69, 9.17) is 5.73 Å². The van der Waals surface area contributed by atoms with Gasteiger partial charge in [-0.1, -0.05) is 11.6 Å². The summed E-state index contributed by atoms with van der Waals surface area (Å²) < 4.78 is 0. The molecule has 0 aromatic rings. The van der Waals surface area contributed by atoms with Gasteiger partial charge in [0.15, 0.2) is 0 Å². The van der Waals surface area contributed by atoms with Crippen LogP contribution in [0.3, 0.4) is 0 Å². The summed E-state index contributed by atoms with van der Waals surface area (Å²) in [6.45, 7) is 0.635. The van der Waals surface area contributed by atoms with Crippen LogP contribution in [0.1, 0.15) is 6.42 Å². The van der Waals surface area contributed by atoms with Crippen molar-refractivity contribution in [2.45, 2.75) is 6.42 Å². The van der Waals surface area contributed by atoms with Crippen molar-refractivity contribution in [1.82, 2.24) is 0 Å². The molecule has 0 aromatic heterocycles. The summed E-state index contributed by atoms with van der Waals surface area (Å²) in [5, 5.41) is 9.99. The maximum Gasteiger partial charge on any atom is 0.115 e. The first-order valence-electron chi connectivity index (χ1n) is 6.37. The number of rotatable bonds is 1. The number of aliphatic hydroxyl groups excluding tert-OH is 1. The van der Waals surface area contributed by atoms with E-state index in [0.29, 0.717) is 24.1 Å². The molecule has 2 nitrogen and oxygen atoms in total. The van der Waals surface area contributed by atoms with Crippen LogP contribution in [-0.4, -0.2) is 11.7 Å². The van der Waals surface area contributed by atoms with Gasteiger partial charge in [0, 0.05) is 12.5 Å². The number of aliphatic hydroxyl groups is 1. The number of hydrogen-bond acceptors (Lipinski definition) is 2. The highest BCUT2D eigenvalue weighted by molar-refractivity contribution is 5.59. The van der Waals surface area contributed by atoms with Crippen LogP contribution in [0.5, 0.6) is 0 Å². The minimum atomic E-state index is 0.540. The number of fused-ring (bicyclic) bond motifs is 7. The normalized spacial score (nSPS) is 54.1. The van der Waals surface area contributed by atoms with Crippen LogP contribution in [0.4, 0.5) is 0 Å². The Kier molecular flexibility index (Phi) is 1.10. The van der Waals surface area contributed by atoms with Gasteiger partial charge in [0.2, 0.25) is 0 Å². The van der Waals surface area contributed by atoms with Crippen LogP contribution in [-0.2, 0) is 0 Å². The predicted octanol–water partition coefficient (Wildman–Crippen LogP) is 1.77. The molecule has 4 saturated carbocycles. The molecule has 82 valence electrons. The zero-order chi connectivity index (χ0) is 10.6. The summed E-state index contributed by atoms with van der Waals surface area (Å²) in [5.41, 5.74) is 10.1. The lowest BCUT2D eigenvalue weighted by molar-refractivity contribution is 0.197. The molecule has 4 fully saturated rings. The molecule has 16 heavy (non-hydrogen) atoms. The zero-order valence-corrected chi connectivity index (χ0v) is 9.06. The first-order chi connectivity index (χ1) is 7.83. The number of nitrogens with two attached hydrogens (primary N) is 1. The van der Waals surface area contributed by atoms with Crippen molar-refractivity contribution in [3.8, 4) is 0 Å². The minimum Gasteiger partial charge on any atom is -0.508 e. The van der Waals surface area contributed by atoms with Gasteiger partial charge >= 0.3 is 0 Å². The predicted molar refractivity (Wildman–Crippen MR) is 60.4 cm³/mol. The Hall–Kier alpha value is -1.02. The highest BCUT2D eigenvalue weighted by Crippen LogP contribution is 2.82. The molecule has 0 aliphatic heterocycles. The average Bonchev–Trinajstić information content (AvgIpc) is 3.13. The van der Waals surface area contributed by atoms with E-state index in [1.165, 1.54) is 17.6 Å². The molecule has 2 heteroatoms. The van der Waals surface area contributed by atoms with E-state index in [2.05, 4.69) is 6.08 Å². The molecule has 6 atom stereocenters. The molecular formula is C14H15NO. The second-order valence-electron chi connectivity index (χ2n) is 6.03. The van der Waals surface area contributed by atoms with Crippen LogP contribution in [0.2, 0.25) is 0 Å². The Morgan fingerprint density at radius 2 is 2.06 bits per heavy atom. The maximum absolute atomic E-state index is 9.99. The highest BCUT2D eigenvalue weighted by atomic mass is 16.3. The zero-order valence-electron chi connectivity index (χ0n) is 9.06. The molecule has 3 N–H and O–H groups in total. The van der Waals surface area contributed by atoms with Crippen molar-refractivity contribution < 1.29 is 5.11 Å². The summed E-state index contributed by atoms with van der Waals surface area (Å²) >= 11 is 0. The Labute approximate surface area is 94.5 Å². The SMILES string of the molecule is NCC1=C2C3C(=C(O)C=C1)C3C1C3CC3C21. The minimum absolute atomic E-state index is 0.540. The fourth-order valence-electron chi connectivity index (χ4n) is 5.01. The first-order valence-corrected chi connectivity index (χ1v) is 6.37. The third-order valence-electron chi connectivity index (χ3n) is 5.64. The molecule has 5 aliphatic carbocycles. The van der Waals surface area contributed by atoms with Crippen LogP contribution in [0.15, 0.2) is 34.6 Å². The van der Waals surface area contributed by atoms with Crippen molar-refractivity contribution in [3.05, 3.63) is 34.6 Å². The highest BCUT2D eigenvalue weighted by Gasteiger charge is 2.76. The van der Waals surface area contributed by atoms with Crippen molar-refractivity contribution >= 4 is 0 Å². The van der Waals surface area contributed by atoms with Crippen molar-refractivity contribution in [2.75, 3.05) is 6.54 Å². The molecule has 0 aromatic carbocycles. The fraction of sp³-hybridized carbons (Fsp3) is 0.571. The molecular weight excluding hydrogens is 198 g/mol. The first kappa shape index (κ1) is 8.13. The third kappa shape index (κ3) is 0.639. The molecule has 5 rings (SSSR count). The van der Waals surface area contributed by atoms with Crippen LogP contribution < -0.4 is 5.73 Å². The van der Waals surface area contributed by atoms with Crippen LogP contribution in [0.25, 0.3) is 0 Å². The Balaban J connectivity index is 1.75. The molecule has 0 amide bonds. The van der Waals surface area contributed by atoms with Gasteiger partial charge in [0.05, 0.1) is 0 Å². The number of hydrogen-bond donors (Lipinski definition) is 2. The molecule has 0 bridgehead atoms. The standard InChI is InChI=1S/C14H15NO/c15-4-5-1-2-8(16)12-13-9(5)10-6-3-7(6)11(10)14(12)13/h1-2,6-7,10-11,13-14,16H,3-4,15H2. The van der Waals surface area contributed by atoms with Gasteiger partial charge in [-0.3, -0.25) is 0 Å². The summed E-state index contributed by atoms with van der Waals surface area (Å²) in [4.78, 5) is 0. The van der Waals surface area contributed by atoms with Crippen molar-refractivity contribution in [1.29, 1.82) is 0 Å². The second-order valence-corrected chi connectivity index (χ2v) is 6.03. The quantitative estimate of drug-likeness (QED) is 0.697. The lowest BCUT2D eigenvalue weighted by Crippen LogP contribution is -2.30. The second kappa shape index (κ2) is 2.17. The topological polar surface area (TPSA) is 46.2 Å². The molecule has 0 saturated heterocycles. The third-order valence-corrected chi connectivity index (χ3v) is 5.64. The fourth-order valence-corrected chi connectivity index (χ4v) is 5.01. The van der Waals surface area contributed by atoms with Crippen molar-refractivity contribution in [2.24, 2.45) is 41.2 Å². The van der Waals surface area contributed by atoms with Gasteiger partial charge in [0.1, 0.15) is 5.76 Å². The molecule has 5 aliphatic rings. The van der Waals surface area contributed by atoms with Gasteiger partial charge < -0.3 is 10.8 Å². The van der Waals surface area contributed by atoms with Crippen LogP contribution in [0, 0.1) is 35.5 Å². The largest absolute Gasteiger partial charge is 0.508 e. The van der Waals surface area contributed by atoms with Gasteiger partial charge in [-0.05, 0) is 53.2 Å². The van der Waals surface area contributed by atoms with Crippen LogP contribution >= 0.6 is 0 Å². The number of allylic oxidation sites excluding steroid dienone is 3. The summed E-state index contributed by atoms with van der Waals surface area (Å²) in [6, 6.07) is 0. The average molecular weight is 213 g/mol. The van der Waals surface area contributed by atoms with E-state index >= 15 is 0 Å². The van der Waals surface area contributed by atoms with Gasteiger partial charge in [-0.2, -0.15) is 0 Å². The Morgan fingerprint density at radius 1 is 1.19 bits per heavy atom. The maximum atomic E-state index is 9.99. The smallest absolute Gasteiger partial charge is 0.115 e. The lowest BCUT2D eigenvalue weighted by Gasteiger charge is -2.34. The van der Waals surface area contributed by atoms with Crippen molar-refractivity contribution in [3.63, 3.8) is 0 Å². The molecule has 6 unspecified atom stereocenters. The summed E-state index contributed by atoms with van der Waals surface area (Å²) in [5.74, 6) is 5.55. The van der Waals surface area contributed by atoms with E-state index < -0.39 is 0 Å². The monoisotopic (exact) mass is 213 g/mol. The van der Waals surface area contributed by atoms with E-state index in [1.807, 2.05) is 6.08 Å². The summed E-state index contributed by atoms with van der Waals surface area (Å²) in [7, 11) is 0. The van der Waals surface area contributed by atoms with E-state index in [0.717, 1.165) is 23.7 Å². The summed E-state index contributed by atoms with van der Waals surface area (Å²) in [6.07, 6.45) is 5.37. The van der Waals surface area contributed by atoms with Gasteiger partial charge in [0.25, 0.3) is 0 Å². The molecule has 0 radical (unpaired) electrons. The van der Waals surface area contributed by atoms with E-state index in [9.17, 15) is 5.11 Å².